The Bertz CT molecular complexity index is 1030. The molecule has 3 rings (SSSR count). The Morgan fingerprint density at radius 2 is 1.83 bits per heavy atom. The van der Waals surface area contributed by atoms with Crippen LogP contribution in [0.15, 0.2) is 36.5 Å². The van der Waals surface area contributed by atoms with Gasteiger partial charge in [0.05, 0.1) is 30.4 Å². The Hall–Kier alpha value is -3.35. The number of methoxy groups -OCH3 is 1. The van der Waals surface area contributed by atoms with Crippen LogP contribution in [-0.4, -0.2) is 45.6 Å². The SMILES string of the molecule is CCN(C)c1cc(-n2c(-c3cc(C(C)C)c(O)cc3O)cnc2O)ccc1OC. The van der Waals surface area contributed by atoms with E-state index in [9.17, 15) is 15.3 Å². The lowest BCUT2D eigenvalue weighted by Gasteiger charge is -2.21. The molecule has 7 heteroatoms. The van der Waals surface area contributed by atoms with Gasteiger partial charge in [0.1, 0.15) is 17.2 Å². The van der Waals surface area contributed by atoms with E-state index in [1.54, 1.807) is 17.7 Å². The normalized spacial score (nSPS) is 11.1. The molecule has 0 aliphatic carbocycles. The Labute approximate surface area is 170 Å². The van der Waals surface area contributed by atoms with Crippen molar-refractivity contribution in [3.8, 4) is 40.2 Å². The third-order valence-electron chi connectivity index (χ3n) is 5.09. The molecule has 1 aromatic heterocycles. The molecular weight excluding hydrogens is 370 g/mol. The molecule has 2 aromatic carbocycles. The molecule has 154 valence electrons. The third-order valence-corrected chi connectivity index (χ3v) is 5.09. The fraction of sp³-hybridized carbons (Fsp3) is 0.318. The molecule has 0 saturated heterocycles. The van der Waals surface area contributed by atoms with Gasteiger partial charge < -0.3 is 25.0 Å². The third kappa shape index (κ3) is 3.68. The van der Waals surface area contributed by atoms with Crippen molar-refractivity contribution in [3.05, 3.63) is 42.1 Å². The van der Waals surface area contributed by atoms with Crippen molar-refractivity contribution < 1.29 is 20.1 Å². The lowest BCUT2D eigenvalue weighted by atomic mass is 9.97. The number of aromatic hydroxyl groups is 3. The maximum atomic E-state index is 10.5. The molecule has 0 spiro atoms. The lowest BCUT2D eigenvalue weighted by molar-refractivity contribution is 0.414. The van der Waals surface area contributed by atoms with Gasteiger partial charge in [-0.2, -0.15) is 0 Å². The molecule has 0 saturated carbocycles. The Morgan fingerprint density at radius 3 is 2.45 bits per heavy atom. The molecule has 29 heavy (non-hydrogen) atoms. The number of imidazole rings is 1. The van der Waals surface area contributed by atoms with Crippen molar-refractivity contribution >= 4 is 5.69 Å². The zero-order valence-electron chi connectivity index (χ0n) is 17.3. The summed E-state index contributed by atoms with van der Waals surface area (Å²) in [4.78, 5) is 6.08. The van der Waals surface area contributed by atoms with E-state index in [1.165, 1.54) is 12.3 Å². The zero-order valence-corrected chi connectivity index (χ0v) is 17.3. The summed E-state index contributed by atoms with van der Waals surface area (Å²) in [6, 6.07) is 8.39. The lowest BCUT2D eigenvalue weighted by Crippen LogP contribution is -2.17. The summed E-state index contributed by atoms with van der Waals surface area (Å²) in [7, 11) is 3.57. The summed E-state index contributed by atoms with van der Waals surface area (Å²) in [5.74, 6) is 0.722. The van der Waals surface area contributed by atoms with Gasteiger partial charge in [-0.05, 0) is 42.7 Å². The molecule has 0 atom stereocenters. The Kier molecular flexibility index (Phi) is 5.59. The topological polar surface area (TPSA) is 91.0 Å². The van der Waals surface area contributed by atoms with Crippen LogP contribution in [0.5, 0.6) is 23.3 Å². The van der Waals surface area contributed by atoms with Crippen molar-refractivity contribution in [2.24, 2.45) is 0 Å². The quantitative estimate of drug-likeness (QED) is 0.576. The van der Waals surface area contributed by atoms with E-state index >= 15 is 0 Å². The molecule has 0 bridgehead atoms. The molecule has 0 amide bonds. The summed E-state index contributed by atoms with van der Waals surface area (Å²) in [5.41, 5.74) is 3.22. The van der Waals surface area contributed by atoms with Crippen molar-refractivity contribution in [1.82, 2.24) is 9.55 Å². The molecule has 3 aromatic rings. The molecule has 0 unspecified atom stereocenters. The van der Waals surface area contributed by atoms with E-state index in [-0.39, 0.29) is 23.4 Å². The zero-order chi connectivity index (χ0) is 21.3. The van der Waals surface area contributed by atoms with Gasteiger partial charge in [0.15, 0.2) is 0 Å². The van der Waals surface area contributed by atoms with Crippen LogP contribution < -0.4 is 9.64 Å². The number of aromatic nitrogens is 2. The number of hydrogen-bond acceptors (Lipinski definition) is 6. The van der Waals surface area contributed by atoms with Crippen LogP contribution in [0, 0.1) is 0 Å². The first kappa shape index (κ1) is 20.4. The summed E-state index contributed by atoms with van der Waals surface area (Å²) in [5, 5.41) is 31.1. The molecule has 1 heterocycles. The summed E-state index contributed by atoms with van der Waals surface area (Å²) in [6.45, 7) is 6.73. The average molecular weight is 397 g/mol. The number of benzene rings is 2. The van der Waals surface area contributed by atoms with E-state index in [2.05, 4.69) is 4.98 Å². The number of hydrogen-bond donors (Lipinski definition) is 3. The highest BCUT2D eigenvalue weighted by molar-refractivity contribution is 5.73. The van der Waals surface area contributed by atoms with E-state index in [0.717, 1.165) is 12.2 Å². The van der Waals surface area contributed by atoms with Crippen LogP contribution in [0.4, 0.5) is 5.69 Å². The van der Waals surface area contributed by atoms with Gasteiger partial charge in [-0.15, -0.1) is 0 Å². The first-order valence-electron chi connectivity index (χ1n) is 9.50. The molecular formula is C22H27N3O4. The monoisotopic (exact) mass is 397 g/mol. The second-order valence-corrected chi connectivity index (χ2v) is 7.23. The van der Waals surface area contributed by atoms with Crippen molar-refractivity contribution in [1.29, 1.82) is 0 Å². The van der Waals surface area contributed by atoms with Crippen LogP contribution in [0.3, 0.4) is 0 Å². The highest BCUT2D eigenvalue weighted by Crippen LogP contribution is 2.40. The van der Waals surface area contributed by atoms with Crippen molar-refractivity contribution in [2.45, 2.75) is 26.7 Å². The molecule has 0 aliphatic heterocycles. The van der Waals surface area contributed by atoms with Crippen molar-refractivity contribution in [3.63, 3.8) is 0 Å². The van der Waals surface area contributed by atoms with Crippen LogP contribution in [0.1, 0.15) is 32.3 Å². The fourth-order valence-electron chi connectivity index (χ4n) is 3.33. The number of phenols is 2. The maximum absolute atomic E-state index is 10.5. The average Bonchev–Trinajstić information content (AvgIpc) is 3.07. The smallest absolute Gasteiger partial charge is 0.298 e. The molecule has 0 radical (unpaired) electrons. The summed E-state index contributed by atoms with van der Waals surface area (Å²) < 4.78 is 7.02. The molecule has 3 N–H and O–H groups in total. The minimum absolute atomic E-state index is 0.0350. The van der Waals surface area contributed by atoms with E-state index in [4.69, 9.17) is 4.74 Å². The van der Waals surface area contributed by atoms with Gasteiger partial charge in [0.25, 0.3) is 6.01 Å². The molecule has 0 aliphatic rings. The summed E-state index contributed by atoms with van der Waals surface area (Å²) >= 11 is 0. The minimum atomic E-state index is -0.200. The van der Waals surface area contributed by atoms with Gasteiger partial charge in [0.2, 0.25) is 0 Å². The van der Waals surface area contributed by atoms with Gasteiger partial charge in [-0.3, -0.25) is 4.57 Å². The minimum Gasteiger partial charge on any atom is -0.508 e. The second-order valence-electron chi connectivity index (χ2n) is 7.23. The predicted octanol–water partition coefficient (Wildman–Crippen LogP) is 4.24. The second kappa shape index (κ2) is 7.95. The molecule has 0 fully saturated rings. The van der Waals surface area contributed by atoms with E-state index < -0.39 is 0 Å². The van der Waals surface area contributed by atoms with E-state index in [0.29, 0.717) is 28.3 Å². The van der Waals surface area contributed by atoms with Crippen LogP contribution >= 0.6 is 0 Å². The number of rotatable bonds is 6. The number of phenolic OH excluding ortho intramolecular Hbond substituents is 2. The van der Waals surface area contributed by atoms with Gasteiger partial charge in [-0.1, -0.05) is 13.8 Å². The highest BCUT2D eigenvalue weighted by atomic mass is 16.5. The number of ether oxygens (including phenoxy) is 1. The number of anilines is 1. The van der Waals surface area contributed by atoms with Gasteiger partial charge >= 0.3 is 0 Å². The van der Waals surface area contributed by atoms with Gasteiger partial charge in [0, 0.05) is 25.2 Å². The molecule has 7 nitrogen and oxygen atoms in total. The van der Waals surface area contributed by atoms with Crippen LogP contribution in [0.25, 0.3) is 16.9 Å². The fourth-order valence-corrected chi connectivity index (χ4v) is 3.33. The Morgan fingerprint density at radius 1 is 1.10 bits per heavy atom. The standard InChI is InChI=1S/C22H27N3O4/c1-6-24(4)17-9-14(7-8-21(17)29-5)25-18(12-23-22(25)28)16-10-15(13(2)3)19(26)11-20(16)27/h7-13,26-27H,6H2,1-5H3,(H,23,28). The van der Waals surface area contributed by atoms with Crippen LogP contribution in [-0.2, 0) is 0 Å². The largest absolute Gasteiger partial charge is 0.508 e. The highest BCUT2D eigenvalue weighted by Gasteiger charge is 2.20. The first-order valence-corrected chi connectivity index (χ1v) is 9.50. The van der Waals surface area contributed by atoms with Gasteiger partial charge in [-0.25, -0.2) is 4.98 Å². The maximum Gasteiger partial charge on any atom is 0.298 e. The van der Waals surface area contributed by atoms with Crippen molar-refractivity contribution in [2.75, 3.05) is 25.6 Å². The summed E-state index contributed by atoms with van der Waals surface area (Å²) in [6.07, 6.45) is 1.50. The van der Waals surface area contributed by atoms with Crippen LogP contribution in [0.2, 0.25) is 0 Å². The van der Waals surface area contributed by atoms with E-state index in [1.807, 2.05) is 50.9 Å². The number of nitrogens with zero attached hydrogens (tertiary/aromatic N) is 3. The predicted molar refractivity (Wildman–Crippen MR) is 114 cm³/mol. The Balaban J connectivity index is 2.21. The first-order chi connectivity index (χ1) is 13.8.